The van der Waals surface area contributed by atoms with Gasteiger partial charge in [-0.1, -0.05) is 23.0 Å². The van der Waals surface area contributed by atoms with Crippen molar-refractivity contribution in [3.05, 3.63) is 48.5 Å². The molecular weight excluding hydrogens is 358 g/mol. The lowest BCUT2D eigenvalue weighted by Gasteiger charge is -2.12. The summed E-state index contributed by atoms with van der Waals surface area (Å²) in [5, 5.41) is 10.3. The molecule has 0 atom stereocenters. The van der Waals surface area contributed by atoms with E-state index in [2.05, 4.69) is 15.6 Å². The maximum absolute atomic E-state index is 12.1. The lowest BCUT2D eigenvalue weighted by Crippen LogP contribution is -2.26. The van der Waals surface area contributed by atoms with Crippen molar-refractivity contribution in [2.75, 3.05) is 26.0 Å². The maximum atomic E-state index is 12.1. The monoisotopic (exact) mass is 375 g/mol. The van der Waals surface area contributed by atoms with Crippen LogP contribution in [0.4, 0.5) is 5.69 Å². The first-order chi connectivity index (χ1) is 12.4. The Morgan fingerprint density at radius 3 is 2.73 bits per heavy atom. The molecular formula is C16H17N5O4S. The molecule has 1 N–H and O–H groups in total. The third-order valence-electron chi connectivity index (χ3n) is 3.54. The molecule has 0 spiro atoms. The van der Waals surface area contributed by atoms with E-state index in [9.17, 15) is 13.2 Å². The van der Waals surface area contributed by atoms with Crippen LogP contribution in [0.2, 0.25) is 0 Å². The van der Waals surface area contributed by atoms with Crippen LogP contribution in [0.25, 0.3) is 11.0 Å². The van der Waals surface area contributed by atoms with Crippen LogP contribution in [-0.2, 0) is 14.8 Å². The smallest absolute Gasteiger partial charge is 0.265 e. The zero-order valence-corrected chi connectivity index (χ0v) is 15.0. The summed E-state index contributed by atoms with van der Waals surface area (Å²) in [6, 6.07) is 13.2. The number of fused-ring (bicyclic) bond motifs is 1. The molecule has 26 heavy (non-hydrogen) atoms. The van der Waals surface area contributed by atoms with E-state index in [0.29, 0.717) is 16.7 Å². The summed E-state index contributed by atoms with van der Waals surface area (Å²) in [6.07, 6.45) is 0. The first-order valence-electron chi connectivity index (χ1n) is 7.64. The van der Waals surface area contributed by atoms with Crippen LogP contribution < -0.4 is 10.2 Å². The second kappa shape index (κ2) is 7.10. The Balaban J connectivity index is 1.67. The van der Waals surface area contributed by atoms with Crippen LogP contribution in [0.3, 0.4) is 0 Å². The van der Waals surface area contributed by atoms with Crippen molar-refractivity contribution in [1.82, 2.24) is 19.5 Å². The van der Waals surface area contributed by atoms with Gasteiger partial charge >= 0.3 is 0 Å². The van der Waals surface area contributed by atoms with E-state index >= 15 is 0 Å². The van der Waals surface area contributed by atoms with Crippen molar-refractivity contribution in [3.8, 4) is 0 Å². The lowest BCUT2D eigenvalue weighted by atomic mass is 10.3. The Labute approximate surface area is 150 Å². The van der Waals surface area contributed by atoms with Crippen molar-refractivity contribution in [2.45, 2.75) is 4.90 Å². The molecule has 0 saturated carbocycles. The molecule has 1 aromatic heterocycles. The Bertz CT molecular complexity index is 1050. The molecule has 0 aliphatic rings. The van der Waals surface area contributed by atoms with Crippen molar-refractivity contribution >= 4 is 32.7 Å². The van der Waals surface area contributed by atoms with E-state index in [1.165, 1.54) is 31.1 Å². The molecule has 3 aromatic rings. The third-order valence-corrected chi connectivity index (χ3v) is 5.35. The van der Waals surface area contributed by atoms with Gasteiger partial charge in [0.25, 0.3) is 5.91 Å². The number of rotatable bonds is 6. The molecule has 0 unspecified atom stereocenters. The van der Waals surface area contributed by atoms with Crippen molar-refractivity contribution < 1.29 is 18.0 Å². The largest absolute Gasteiger partial charge is 0.385 e. The number of aromatic nitrogens is 3. The second-order valence-electron chi connectivity index (χ2n) is 5.59. The summed E-state index contributed by atoms with van der Waals surface area (Å²) in [5.41, 5.74) is 1.64. The summed E-state index contributed by atoms with van der Waals surface area (Å²) in [4.78, 5) is 18.7. The standard InChI is InChI=1S/C16H17N5O4S/c1-20(2)26(23,24)13-7-5-6-12(10-13)17-16(22)11-25-21-15-9-4-3-8-14(15)18-19-21/h3-10H,11H2,1-2H3,(H,17,22). The second-order valence-corrected chi connectivity index (χ2v) is 7.74. The van der Waals surface area contributed by atoms with Gasteiger partial charge in [0.2, 0.25) is 10.0 Å². The van der Waals surface area contributed by atoms with Gasteiger partial charge in [-0.2, -0.15) is 0 Å². The predicted octanol–water partition coefficient (Wildman–Crippen LogP) is 0.749. The maximum Gasteiger partial charge on any atom is 0.265 e. The van der Waals surface area contributed by atoms with Crippen LogP contribution in [0.5, 0.6) is 0 Å². The number of sulfonamides is 1. The van der Waals surface area contributed by atoms with Crippen LogP contribution >= 0.6 is 0 Å². The fourth-order valence-electron chi connectivity index (χ4n) is 2.20. The zero-order valence-electron chi connectivity index (χ0n) is 14.2. The van der Waals surface area contributed by atoms with Crippen LogP contribution in [-0.4, -0.2) is 54.5 Å². The highest BCUT2D eigenvalue weighted by molar-refractivity contribution is 7.89. The SMILES string of the molecule is CN(C)S(=O)(=O)c1cccc(NC(=O)COn2nnc3ccccc32)c1. The van der Waals surface area contributed by atoms with Crippen LogP contribution in [0.1, 0.15) is 0 Å². The van der Waals surface area contributed by atoms with E-state index in [1.54, 1.807) is 24.3 Å². The molecule has 1 amide bonds. The number of anilines is 1. The van der Waals surface area contributed by atoms with E-state index < -0.39 is 15.9 Å². The zero-order chi connectivity index (χ0) is 18.7. The van der Waals surface area contributed by atoms with Crippen LogP contribution in [0.15, 0.2) is 53.4 Å². The molecule has 0 aliphatic carbocycles. The van der Waals surface area contributed by atoms with Gasteiger partial charge in [0.1, 0.15) is 11.0 Å². The fourth-order valence-corrected chi connectivity index (χ4v) is 3.15. The van der Waals surface area contributed by atoms with Crippen LogP contribution in [0, 0.1) is 0 Å². The van der Waals surface area contributed by atoms with Crippen molar-refractivity contribution in [1.29, 1.82) is 0 Å². The average molecular weight is 375 g/mol. The van der Waals surface area contributed by atoms with Gasteiger partial charge in [0, 0.05) is 19.8 Å². The molecule has 2 aromatic carbocycles. The van der Waals surface area contributed by atoms with Gasteiger partial charge in [-0.25, -0.2) is 12.7 Å². The summed E-state index contributed by atoms with van der Waals surface area (Å²) in [6.45, 7) is -0.308. The normalized spacial score (nSPS) is 11.7. The first-order valence-corrected chi connectivity index (χ1v) is 9.08. The molecule has 0 saturated heterocycles. The Kier molecular flexibility index (Phi) is 4.87. The molecule has 9 nitrogen and oxygen atoms in total. The average Bonchev–Trinajstić information content (AvgIpc) is 3.03. The Hall–Kier alpha value is -2.98. The Morgan fingerprint density at radius 1 is 1.19 bits per heavy atom. The Morgan fingerprint density at radius 2 is 1.96 bits per heavy atom. The van der Waals surface area contributed by atoms with E-state index in [4.69, 9.17) is 4.84 Å². The predicted molar refractivity (Wildman–Crippen MR) is 94.9 cm³/mol. The van der Waals surface area contributed by atoms with Gasteiger partial charge in [0.15, 0.2) is 6.61 Å². The summed E-state index contributed by atoms with van der Waals surface area (Å²) in [5.74, 6) is -0.455. The number of carbonyl (C=O) groups is 1. The molecule has 136 valence electrons. The highest BCUT2D eigenvalue weighted by atomic mass is 32.2. The van der Waals surface area contributed by atoms with Gasteiger partial charge in [-0.3, -0.25) is 4.79 Å². The van der Waals surface area contributed by atoms with Gasteiger partial charge in [0.05, 0.1) is 4.90 Å². The van der Waals surface area contributed by atoms with Gasteiger partial charge in [-0.15, -0.1) is 5.10 Å². The number of amides is 1. The molecule has 10 heteroatoms. The number of nitrogens with one attached hydrogen (secondary N) is 1. The van der Waals surface area contributed by atoms with Gasteiger partial charge < -0.3 is 10.2 Å². The lowest BCUT2D eigenvalue weighted by molar-refractivity contribution is -0.121. The highest BCUT2D eigenvalue weighted by Gasteiger charge is 2.17. The number of nitrogens with zero attached hydrogens (tertiary/aromatic N) is 4. The summed E-state index contributed by atoms with van der Waals surface area (Å²) >= 11 is 0. The number of hydrogen-bond acceptors (Lipinski definition) is 6. The van der Waals surface area contributed by atoms with E-state index in [1.807, 2.05) is 12.1 Å². The van der Waals surface area contributed by atoms with E-state index in [-0.39, 0.29) is 11.5 Å². The van der Waals surface area contributed by atoms with Crippen molar-refractivity contribution in [3.63, 3.8) is 0 Å². The number of carbonyl (C=O) groups excluding carboxylic acids is 1. The topological polar surface area (TPSA) is 106 Å². The number of hydrogen-bond donors (Lipinski definition) is 1. The highest BCUT2D eigenvalue weighted by Crippen LogP contribution is 2.17. The summed E-state index contributed by atoms with van der Waals surface area (Å²) < 4.78 is 25.4. The molecule has 0 aliphatic heterocycles. The quantitative estimate of drug-likeness (QED) is 0.681. The van der Waals surface area contributed by atoms with E-state index in [0.717, 1.165) is 4.31 Å². The molecule has 0 fully saturated rings. The molecule has 1 heterocycles. The minimum atomic E-state index is -3.58. The number of para-hydroxylation sites is 1. The van der Waals surface area contributed by atoms with Gasteiger partial charge in [-0.05, 0) is 35.5 Å². The molecule has 0 bridgehead atoms. The number of benzene rings is 2. The van der Waals surface area contributed by atoms with Crippen molar-refractivity contribution in [2.24, 2.45) is 0 Å². The minimum absolute atomic E-state index is 0.0866. The first kappa shape index (κ1) is 17.8. The summed E-state index contributed by atoms with van der Waals surface area (Å²) in [7, 11) is -0.696. The molecule has 0 radical (unpaired) electrons. The molecule has 3 rings (SSSR count). The third kappa shape index (κ3) is 3.65. The minimum Gasteiger partial charge on any atom is -0.385 e. The fraction of sp³-hybridized carbons (Fsp3) is 0.188.